The number of hydrogen-bond acceptors (Lipinski definition) is 3. The highest BCUT2D eigenvalue weighted by atomic mass is 16.5. The van der Waals surface area contributed by atoms with Gasteiger partial charge in [0.25, 0.3) is 0 Å². The van der Waals surface area contributed by atoms with Gasteiger partial charge in [0.2, 0.25) is 0 Å². The molecule has 2 aliphatic rings. The van der Waals surface area contributed by atoms with Crippen molar-refractivity contribution in [3.05, 3.63) is 0 Å². The second-order valence-corrected chi connectivity index (χ2v) is 6.30. The Kier molecular flexibility index (Phi) is 2.99. The fraction of sp³-hybridized carbons (Fsp3) is 0.923. The van der Waals surface area contributed by atoms with Crippen LogP contribution < -0.4 is 0 Å². The van der Waals surface area contributed by atoms with E-state index in [1.54, 1.807) is 0 Å². The first-order valence-electron chi connectivity index (χ1n) is 6.31. The lowest BCUT2D eigenvalue weighted by molar-refractivity contribution is -0.161. The van der Waals surface area contributed by atoms with Gasteiger partial charge in [-0.2, -0.15) is 0 Å². The number of rotatable bonds is 1. The minimum Gasteiger partial charge on any atom is -0.462 e. The van der Waals surface area contributed by atoms with E-state index in [1.807, 2.05) is 20.8 Å². The molecule has 0 amide bonds. The zero-order valence-corrected chi connectivity index (χ0v) is 10.8. The highest BCUT2D eigenvalue weighted by Crippen LogP contribution is 2.36. The molecule has 3 heteroatoms. The number of carbonyl (C=O) groups is 1. The van der Waals surface area contributed by atoms with Crippen molar-refractivity contribution in [2.75, 3.05) is 7.05 Å². The van der Waals surface area contributed by atoms with Crippen LogP contribution in [0.4, 0.5) is 0 Å². The summed E-state index contributed by atoms with van der Waals surface area (Å²) in [6.45, 7) is 5.75. The number of fused-ring (bicyclic) bond motifs is 2. The Balaban J connectivity index is 1.92. The van der Waals surface area contributed by atoms with E-state index in [0.717, 1.165) is 12.8 Å². The van der Waals surface area contributed by atoms with Crippen LogP contribution in [0.15, 0.2) is 0 Å². The van der Waals surface area contributed by atoms with E-state index in [0.29, 0.717) is 12.1 Å². The fourth-order valence-corrected chi connectivity index (χ4v) is 2.79. The zero-order chi connectivity index (χ0) is 11.9. The smallest absolute Gasteiger partial charge is 0.311 e. The second-order valence-electron chi connectivity index (χ2n) is 6.30. The number of esters is 1. The van der Waals surface area contributed by atoms with Crippen LogP contribution in [-0.2, 0) is 9.53 Å². The fourth-order valence-electron chi connectivity index (χ4n) is 2.79. The topological polar surface area (TPSA) is 29.5 Å². The lowest BCUT2D eigenvalue weighted by atomic mass is 9.96. The van der Waals surface area contributed by atoms with Crippen LogP contribution in [0.25, 0.3) is 0 Å². The minimum atomic E-state index is -0.373. The molecule has 0 aromatic carbocycles. The van der Waals surface area contributed by atoms with E-state index in [4.69, 9.17) is 4.74 Å². The predicted octanol–water partition coefficient (Wildman–Crippen LogP) is 2.20. The predicted molar refractivity (Wildman–Crippen MR) is 63.1 cm³/mol. The van der Waals surface area contributed by atoms with Crippen LogP contribution in [0.3, 0.4) is 0 Å². The molecule has 2 fully saturated rings. The molecule has 2 rings (SSSR count). The maximum Gasteiger partial charge on any atom is 0.311 e. The third kappa shape index (κ3) is 2.24. The summed E-state index contributed by atoms with van der Waals surface area (Å²) in [5.41, 5.74) is -0.373. The van der Waals surface area contributed by atoms with Crippen LogP contribution >= 0.6 is 0 Å². The summed E-state index contributed by atoms with van der Waals surface area (Å²) in [5.74, 6) is -0.0542. The van der Waals surface area contributed by atoms with Crippen LogP contribution in [0.2, 0.25) is 0 Å². The first kappa shape index (κ1) is 11.9. The summed E-state index contributed by atoms with van der Waals surface area (Å²) >= 11 is 0. The van der Waals surface area contributed by atoms with Gasteiger partial charge in [0, 0.05) is 12.1 Å². The first-order valence-corrected chi connectivity index (χ1v) is 6.31. The van der Waals surface area contributed by atoms with Gasteiger partial charge < -0.3 is 9.64 Å². The normalized spacial score (nSPS) is 35.1. The standard InChI is InChI=1S/C13H23NO2/c1-13(2,3)12(15)16-11-7-9-5-6-10(8-11)14(9)4/h9-11H,5-8H2,1-4H3/t9-,10+,11+. The van der Waals surface area contributed by atoms with Crippen molar-refractivity contribution in [3.63, 3.8) is 0 Å². The molecule has 0 aliphatic carbocycles. The molecular weight excluding hydrogens is 202 g/mol. The van der Waals surface area contributed by atoms with Crippen molar-refractivity contribution >= 4 is 5.97 Å². The largest absolute Gasteiger partial charge is 0.462 e. The van der Waals surface area contributed by atoms with E-state index in [2.05, 4.69) is 11.9 Å². The van der Waals surface area contributed by atoms with Gasteiger partial charge in [-0.1, -0.05) is 0 Å². The minimum absolute atomic E-state index is 0.0542. The Bertz CT molecular complexity index is 268. The Morgan fingerprint density at radius 2 is 1.69 bits per heavy atom. The number of ether oxygens (including phenoxy) is 1. The molecule has 3 atom stereocenters. The first-order chi connectivity index (χ1) is 7.38. The number of carbonyl (C=O) groups excluding carboxylic acids is 1. The van der Waals surface area contributed by atoms with Crippen molar-refractivity contribution in [2.45, 2.75) is 64.6 Å². The van der Waals surface area contributed by atoms with Crippen LogP contribution in [0.1, 0.15) is 46.5 Å². The third-order valence-electron chi connectivity index (χ3n) is 3.94. The Labute approximate surface area is 98.1 Å². The Hall–Kier alpha value is -0.570. The number of piperidine rings is 1. The SMILES string of the molecule is CN1[C@@H]2CC[C@H]1C[C@@H](OC(=O)C(C)(C)C)C2. The molecule has 2 saturated heterocycles. The Morgan fingerprint density at radius 1 is 1.19 bits per heavy atom. The molecule has 0 N–H and O–H groups in total. The van der Waals surface area contributed by atoms with E-state index in [9.17, 15) is 4.79 Å². The van der Waals surface area contributed by atoms with Gasteiger partial charge in [0.05, 0.1) is 5.41 Å². The van der Waals surface area contributed by atoms with E-state index in [-0.39, 0.29) is 17.5 Å². The molecule has 0 saturated carbocycles. The highest BCUT2D eigenvalue weighted by Gasteiger charge is 2.40. The summed E-state index contributed by atoms with van der Waals surface area (Å²) < 4.78 is 5.62. The van der Waals surface area contributed by atoms with Crippen LogP contribution in [-0.4, -0.2) is 36.1 Å². The average molecular weight is 225 g/mol. The van der Waals surface area contributed by atoms with Gasteiger partial charge in [-0.15, -0.1) is 0 Å². The van der Waals surface area contributed by atoms with Gasteiger partial charge in [-0.05, 0) is 53.5 Å². The lowest BCUT2D eigenvalue weighted by Gasteiger charge is -2.36. The van der Waals surface area contributed by atoms with Gasteiger partial charge in [0.1, 0.15) is 6.10 Å². The van der Waals surface area contributed by atoms with Crippen molar-refractivity contribution < 1.29 is 9.53 Å². The van der Waals surface area contributed by atoms with Crippen molar-refractivity contribution in [1.82, 2.24) is 4.90 Å². The number of nitrogens with zero attached hydrogens (tertiary/aromatic N) is 1. The van der Waals surface area contributed by atoms with Gasteiger partial charge >= 0.3 is 5.97 Å². The molecule has 92 valence electrons. The molecule has 0 radical (unpaired) electrons. The Morgan fingerprint density at radius 3 is 2.12 bits per heavy atom. The lowest BCUT2D eigenvalue weighted by Crippen LogP contribution is -2.44. The van der Waals surface area contributed by atoms with Crippen molar-refractivity contribution in [1.29, 1.82) is 0 Å². The highest BCUT2D eigenvalue weighted by molar-refractivity contribution is 5.75. The quantitative estimate of drug-likeness (QED) is 0.641. The van der Waals surface area contributed by atoms with Crippen LogP contribution in [0, 0.1) is 5.41 Å². The van der Waals surface area contributed by atoms with E-state index < -0.39 is 0 Å². The summed E-state index contributed by atoms with van der Waals surface area (Å²) in [7, 11) is 2.20. The molecule has 0 aromatic rings. The summed E-state index contributed by atoms with van der Waals surface area (Å²) in [4.78, 5) is 14.3. The third-order valence-corrected chi connectivity index (χ3v) is 3.94. The maximum atomic E-state index is 11.8. The average Bonchev–Trinajstić information content (AvgIpc) is 2.41. The molecule has 0 aromatic heterocycles. The summed E-state index contributed by atoms with van der Waals surface area (Å²) in [5, 5.41) is 0. The van der Waals surface area contributed by atoms with Gasteiger partial charge in [-0.3, -0.25) is 4.79 Å². The molecule has 0 spiro atoms. The molecule has 3 nitrogen and oxygen atoms in total. The van der Waals surface area contributed by atoms with E-state index >= 15 is 0 Å². The van der Waals surface area contributed by atoms with Gasteiger partial charge in [-0.25, -0.2) is 0 Å². The van der Waals surface area contributed by atoms with E-state index in [1.165, 1.54) is 12.8 Å². The molecule has 2 aliphatic heterocycles. The van der Waals surface area contributed by atoms with Crippen molar-refractivity contribution in [2.24, 2.45) is 5.41 Å². The molecule has 2 heterocycles. The summed E-state index contributed by atoms with van der Waals surface area (Å²) in [6, 6.07) is 1.27. The molecule has 0 unspecified atom stereocenters. The molecule has 16 heavy (non-hydrogen) atoms. The van der Waals surface area contributed by atoms with Crippen LogP contribution in [0.5, 0.6) is 0 Å². The zero-order valence-electron chi connectivity index (χ0n) is 10.8. The molecule has 2 bridgehead atoms. The second kappa shape index (κ2) is 4.02. The van der Waals surface area contributed by atoms with Gasteiger partial charge in [0.15, 0.2) is 0 Å². The number of hydrogen-bond donors (Lipinski definition) is 0. The summed E-state index contributed by atoms with van der Waals surface area (Å²) in [6.07, 6.45) is 4.74. The maximum absolute atomic E-state index is 11.8. The van der Waals surface area contributed by atoms with Crippen molar-refractivity contribution in [3.8, 4) is 0 Å². The monoisotopic (exact) mass is 225 g/mol. The molecular formula is C13H23NO2.